The van der Waals surface area contributed by atoms with Crippen LogP contribution in [0.5, 0.6) is 0 Å². The quantitative estimate of drug-likeness (QED) is 0.210. The first-order chi connectivity index (χ1) is 20.5. The highest BCUT2D eigenvalue weighted by Gasteiger charge is 2.35. The summed E-state index contributed by atoms with van der Waals surface area (Å²) in [6.45, 7) is 3.15. The van der Waals surface area contributed by atoms with Crippen LogP contribution in [0.2, 0.25) is 10.0 Å². The molecule has 230 valence electrons. The van der Waals surface area contributed by atoms with E-state index in [9.17, 15) is 18.0 Å². The molecule has 0 saturated heterocycles. The summed E-state index contributed by atoms with van der Waals surface area (Å²) >= 11 is 14.5. The lowest BCUT2D eigenvalue weighted by Gasteiger charge is -2.34. The third kappa shape index (κ3) is 8.06. The number of nitrogens with zero attached hydrogens (tertiary/aromatic N) is 2. The zero-order valence-electron chi connectivity index (χ0n) is 24.6. The predicted octanol–water partition coefficient (Wildman–Crippen LogP) is 7.09. The van der Waals surface area contributed by atoms with Gasteiger partial charge in [0.2, 0.25) is 11.8 Å². The van der Waals surface area contributed by atoms with Crippen molar-refractivity contribution >= 4 is 62.5 Å². The van der Waals surface area contributed by atoms with Crippen molar-refractivity contribution in [3.05, 3.63) is 87.9 Å². The summed E-state index contributed by atoms with van der Waals surface area (Å²) in [6, 6.07) is 17.7. The summed E-state index contributed by atoms with van der Waals surface area (Å²) in [5, 5.41) is 3.82. The molecule has 1 atom stereocenters. The molecule has 0 aliphatic heterocycles. The van der Waals surface area contributed by atoms with E-state index in [-0.39, 0.29) is 23.4 Å². The summed E-state index contributed by atoms with van der Waals surface area (Å²) in [4.78, 5) is 30.3. The second-order valence-electron chi connectivity index (χ2n) is 10.7. The molecule has 0 unspecified atom stereocenters. The Morgan fingerprint density at radius 3 is 2.14 bits per heavy atom. The lowest BCUT2D eigenvalue weighted by molar-refractivity contribution is -0.140. The van der Waals surface area contributed by atoms with Gasteiger partial charge in [-0.05, 0) is 81.0 Å². The van der Waals surface area contributed by atoms with Crippen LogP contribution in [0, 0.1) is 6.92 Å². The van der Waals surface area contributed by atoms with E-state index < -0.39 is 28.5 Å². The van der Waals surface area contributed by atoms with Gasteiger partial charge in [-0.25, -0.2) is 8.42 Å². The number of halogens is 2. The van der Waals surface area contributed by atoms with E-state index in [1.807, 2.05) is 20.1 Å². The minimum Gasteiger partial charge on any atom is -0.352 e. The van der Waals surface area contributed by atoms with Crippen molar-refractivity contribution in [1.29, 1.82) is 0 Å². The highest BCUT2D eigenvalue weighted by atomic mass is 35.5. The smallest absolute Gasteiger partial charge is 0.264 e. The normalized spacial score (nSPS) is 14.3. The van der Waals surface area contributed by atoms with Crippen molar-refractivity contribution in [2.45, 2.75) is 74.4 Å². The third-order valence-corrected chi connectivity index (χ3v) is 11.0. The zero-order chi connectivity index (χ0) is 31.1. The average molecular weight is 663 g/mol. The molecule has 3 aromatic rings. The molecule has 1 fully saturated rings. The van der Waals surface area contributed by atoms with Crippen LogP contribution in [0.25, 0.3) is 0 Å². The molecule has 4 rings (SSSR count). The Kier molecular flexibility index (Phi) is 11.5. The van der Waals surface area contributed by atoms with Crippen LogP contribution in [-0.2, 0) is 26.2 Å². The molecule has 0 spiro atoms. The van der Waals surface area contributed by atoms with E-state index in [1.54, 1.807) is 54.6 Å². The number of sulfonamides is 1. The van der Waals surface area contributed by atoms with Crippen LogP contribution in [0.1, 0.15) is 50.2 Å². The van der Waals surface area contributed by atoms with Crippen LogP contribution in [0.4, 0.5) is 5.69 Å². The minimum atomic E-state index is -4.16. The maximum atomic E-state index is 14.3. The van der Waals surface area contributed by atoms with Crippen molar-refractivity contribution in [3.63, 3.8) is 0 Å². The Morgan fingerprint density at radius 1 is 0.977 bits per heavy atom. The van der Waals surface area contributed by atoms with Crippen LogP contribution in [0.3, 0.4) is 0 Å². The SMILES string of the molecule is CC[C@@H](C(=O)NC1CCCC1)N(Cc1c(Cl)cccc1Cl)C(=O)CN(c1ccc(C)cc1)S(=O)(=O)c1ccc(SC)cc1. The van der Waals surface area contributed by atoms with E-state index in [2.05, 4.69) is 5.32 Å². The van der Waals surface area contributed by atoms with Crippen LogP contribution in [0.15, 0.2) is 76.5 Å². The topological polar surface area (TPSA) is 86.8 Å². The fraction of sp³-hybridized carbons (Fsp3) is 0.375. The maximum Gasteiger partial charge on any atom is 0.264 e. The number of anilines is 1. The predicted molar refractivity (Wildman–Crippen MR) is 175 cm³/mol. The Morgan fingerprint density at radius 2 is 1.58 bits per heavy atom. The Labute approximate surface area is 269 Å². The van der Waals surface area contributed by atoms with Crippen molar-refractivity contribution < 1.29 is 18.0 Å². The number of carbonyl (C=O) groups is 2. The number of aryl methyl sites for hydroxylation is 1. The lowest BCUT2D eigenvalue weighted by Crippen LogP contribution is -2.53. The minimum absolute atomic E-state index is 0.0519. The fourth-order valence-electron chi connectivity index (χ4n) is 5.26. The van der Waals surface area contributed by atoms with E-state index in [4.69, 9.17) is 23.2 Å². The van der Waals surface area contributed by atoms with Gasteiger partial charge in [-0.15, -0.1) is 11.8 Å². The number of nitrogens with one attached hydrogen (secondary N) is 1. The van der Waals surface area contributed by atoms with Gasteiger partial charge in [0, 0.05) is 33.1 Å². The van der Waals surface area contributed by atoms with Crippen molar-refractivity contribution in [1.82, 2.24) is 10.2 Å². The van der Waals surface area contributed by atoms with Crippen molar-refractivity contribution in [2.75, 3.05) is 17.1 Å². The second kappa shape index (κ2) is 14.8. The van der Waals surface area contributed by atoms with Crippen LogP contribution < -0.4 is 9.62 Å². The van der Waals surface area contributed by atoms with Gasteiger partial charge in [-0.3, -0.25) is 13.9 Å². The number of thioether (sulfide) groups is 1. The van der Waals surface area contributed by atoms with Gasteiger partial charge in [-0.1, -0.05) is 66.7 Å². The molecule has 0 aromatic heterocycles. The number of amides is 2. The molecule has 43 heavy (non-hydrogen) atoms. The zero-order valence-corrected chi connectivity index (χ0v) is 27.7. The van der Waals surface area contributed by atoms with Gasteiger partial charge < -0.3 is 10.2 Å². The van der Waals surface area contributed by atoms with Gasteiger partial charge in [0.25, 0.3) is 10.0 Å². The summed E-state index contributed by atoms with van der Waals surface area (Å²) in [5.41, 5.74) is 1.78. The molecule has 3 aromatic carbocycles. The fourth-order valence-corrected chi connectivity index (χ4v) is 7.59. The molecule has 7 nitrogen and oxygen atoms in total. The molecule has 0 heterocycles. The average Bonchev–Trinajstić information content (AvgIpc) is 3.50. The third-order valence-electron chi connectivity index (χ3n) is 7.73. The molecule has 1 N–H and O–H groups in total. The molecule has 1 aliphatic rings. The van der Waals surface area contributed by atoms with E-state index >= 15 is 0 Å². The Hall–Kier alpha value is -2.72. The highest BCUT2D eigenvalue weighted by molar-refractivity contribution is 7.98. The monoisotopic (exact) mass is 661 g/mol. The summed E-state index contributed by atoms with van der Waals surface area (Å²) < 4.78 is 29.2. The first-order valence-corrected chi connectivity index (χ1v) is 17.7. The van der Waals surface area contributed by atoms with E-state index in [0.717, 1.165) is 40.4 Å². The first kappa shape index (κ1) is 33.2. The molecule has 0 bridgehead atoms. The second-order valence-corrected chi connectivity index (χ2v) is 14.2. The van der Waals surface area contributed by atoms with Gasteiger partial charge in [0.05, 0.1) is 10.6 Å². The van der Waals surface area contributed by atoms with Crippen LogP contribution in [-0.4, -0.2) is 50.0 Å². The van der Waals surface area contributed by atoms with Crippen molar-refractivity contribution in [3.8, 4) is 0 Å². The number of carbonyl (C=O) groups excluding carboxylic acids is 2. The molecule has 2 amide bonds. The molecular weight excluding hydrogens is 625 g/mol. The summed E-state index contributed by atoms with van der Waals surface area (Å²) in [6.07, 6.45) is 6.09. The Bertz CT molecular complexity index is 1510. The number of benzene rings is 3. The molecule has 11 heteroatoms. The van der Waals surface area contributed by atoms with Crippen molar-refractivity contribution in [2.24, 2.45) is 0 Å². The summed E-state index contributed by atoms with van der Waals surface area (Å²) in [5.74, 6) is -0.822. The molecular formula is C32H37Cl2N3O4S2. The highest BCUT2D eigenvalue weighted by Crippen LogP contribution is 2.30. The Balaban J connectivity index is 1.74. The van der Waals surface area contributed by atoms with Gasteiger partial charge in [0.15, 0.2) is 0 Å². The number of rotatable bonds is 12. The number of hydrogen-bond donors (Lipinski definition) is 1. The van der Waals surface area contributed by atoms with Gasteiger partial charge in [-0.2, -0.15) is 0 Å². The lowest BCUT2D eigenvalue weighted by atomic mass is 10.1. The largest absolute Gasteiger partial charge is 0.352 e. The summed E-state index contributed by atoms with van der Waals surface area (Å²) in [7, 11) is -4.16. The standard InChI is InChI=1S/C32H37Cl2N3O4S2/c1-4-30(32(39)35-23-8-5-6-9-23)36(20-27-28(33)10-7-11-29(27)34)31(38)21-37(24-14-12-22(2)13-15-24)43(40,41)26-18-16-25(42-3)17-19-26/h7,10-19,23,30H,4-6,8-9,20-21H2,1-3H3,(H,35,39)/t30-/m0/s1. The molecule has 1 aliphatic carbocycles. The maximum absolute atomic E-state index is 14.3. The van der Waals surface area contributed by atoms with Gasteiger partial charge in [0.1, 0.15) is 12.6 Å². The van der Waals surface area contributed by atoms with E-state index in [0.29, 0.717) is 27.7 Å². The first-order valence-electron chi connectivity index (χ1n) is 14.3. The van der Waals surface area contributed by atoms with E-state index in [1.165, 1.54) is 28.8 Å². The molecule has 1 saturated carbocycles. The van der Waals surface area contributed by atoms with Gasteiger partial charge >= 0.3 is 0 Å². The number of hydrogen-bond acceptors (Lipinski definition) is 5. The molecule has 0 radical (unpaired) electrons. The van der Waals surface area contributed by atoms with Crippen LogP contribution >= 0.6 is 35.0 Å².